The van der Waals surface area contributed by atoms with Crippen molar-refractivity contribution in [1.29, 1.82) is 0 Å². The van der Waals surface area contributed by atoms with Crippen molar-refractivity contribution in [1.82, 2.24) is 9.88 Å². The molecule has 0 saturated carbocycles. The van der Waals surface area contributed by atoms with Gasteiger partial charge < -0.3 is 19.5 Å². The molecule has 1 saturated heterocycles. The number of aromatic nitrogens is 1. The Balaban J connectivity index is 1.99. The Morgan fingerprint density at radius 1 is 1.17 bits per heavy atom. The Morgan fingerprint density at radius 3 is 2.50 bits per heavy atom. The van der Waals surface area contributed by atoms with Gasteiger partial charge in [-0.1, -0.05) is 6.07 Å². The molecule has 1 amide bonds. The number of carbonyl (C=O) groups excluding carboxylic acids is 2. The molecule has 2 heterocycles. The van der Waals surface area contributed by atoms with E-state index in [4.69, 9.17) is 9.47 Å². The van der Waals surface area contributed by atoms with Crippen molar-refractivity contribution in [3.05, 3.63) is 65.5 Å². The average molecular weight is 410 g/mol. The van der Waals surface area contributed by atoms with Crippen LogP contribution in [0, 0.1) is 0 Å². The molecule has 1 unspecified atom stereocenters. The Kier molecular flexibility index (Phi) is 6.84. The molecule has 0 aliphatic carbocycles. The van der Waals surface area contributed by atoms with E-state index in [-0.39, 0.29) is 17.4 Å². The van der Waals surface area contributed by atoms with E-state index in [2.05, 4.69) is 4.98 Å². The molecular weight excluding hydrogens is 384 g/mol. The first-order valence-corrected chi connectivity index (χ1v) is 9.89. The van der Waals surface area contributed by atoms with Gasteiger partial charge in [0, 0.05) is 24.9 Å². The number of ketones is 1. The number of carbonyl (C=O) groups is 2. The van der Waals surface area contributed by atoms with Crippen LogP contribution >= 0.6 is 0 Å². The Labute approximate surface area is 175 Å². The molecular formula is C23H26N2O5. The maximum absolute atomic E-state index is 12.9. The average Bonchev–Trinajstić information content (AvgIpc) is 3.01. The zero-order valence-corrected chi connectivity index (χ0v) is 17.4. The number of likely N-dealkylation sites (tertiary alicyclic amines) is 1. The molecule has 1 fully saturated rings. The molecule has 1 atom stereocenters. The van der Waals surface area contributed by atoms with Crippen LogP contribution in [0.3, 0.4) is 0 Å². The molecule has 2 aromatic rings. The molecule has 1 aliphatic rings. The van der Waals surface area contributed by atoms with Crippen LogP contribution in [0.25, 0.3) is 5.76 Å². The quantitative estimate of drug-likeness (QED) is 0.311. The van der Waals surface area contributed by atoms with Crippen molar-refractivity contribution in [2.24, 2.45) is 0 Å². The normalized spacial score (nSPS) is 18.3. The summed E-state index contributed by atoms with van der Waals surface area (Å²) in [5, 5.41) is 11.0. The van der Waals surface area contributed by atoms with Gasteiger partial charge in [0.15, 0.2) is 0 Å². The van der Waals surface area contributed by atoms with E-state index in [0.29, 0.717) is 36.6 Å². The van der Waals surface area contributed by atoms with Crippen LogP contribution in [0.2, 0.25) is 0 Å². The van der Waals surface area contributed by atoms with Gasteiger partial charge in [-0.25, -0.2) is 0 Å². The van der Waals surface area contributed by atoms with E-state index in [1.807, 2.05) is 13.8 Å². The number of hydrogen-bond donors (Lipinski definition) is 1. The Morgan fingerprint density at radius 2 is 1.90 bits per heavy atom. The van der Waals surface area contributed by atoms with E-state index in [9.17, 15) is 14.7 Å². The topological polar surface area (TPSA) is 89.0 Å². The second-order valence-electron chi connectivity index (χ2n) is 7.25. The molecule has 0 bridgehead atoms. The van der Waals surface area contributed by atoms with E-state index >= 15 is 0 Å². The van der Waals surface area contributed by atoms with E-state index in [1.54, 1.807) is 55.8 Å². The predicted octanol–water partition coefficient (Wildman–Crippen LogP) is 3.33. The summed E-state index contributed by atoms with van der Waals surface area (Å²) in [5.74, 6) is -0.972. The van der Waals surface area contributed by atoms with Crippen molar-refractivity contribution in [3.8, 4) is 5.75 Å². The SMILES string of the molecule is COc1ccc(/C(O)=C2/C(=O)C(=O)N(CCCOC(C)C)C2c2ccccn2)cc1. The van der Waals surface area contributed by atoms with Gasteiger partial charge >= 0.3 is 0 Å². The second-order valence-corrected chi connectivity index (χ2v) is 7.25. The van der Waals surface area contributed by atoms with E-state index in [0.717, 1.165) is 0 Å². The van der Waals surface area contributed by atoms with Crippen molar-refractivity contribution >= 4 is 17.4 Å². The first kappa shape index (κ1) is 21.5. The Bertz CT molecular complexity index is 922. The summed E-state index contributed by atoms with van der Waals surface area (Å²) in [6.45, 7) is 4.66. The smallest absolute Gasteiger partial charge is 0.295 e. The second kappa shape index (κ2) is 9.54. The number of ether oxygens (including phenoxy) is 2. The number of aliphatic hydroxyl groups excluding tert-OH is 1. The van der Waals surface area contributed by atoms with Crippen LogP contribution in [0.5, 0.6) is 5.75 Å². The van der Waals surface area contributed by atoms with Gasteiger partial charge in [-0.3, -0.25) is 14.6 Å². The lowest BCUT2D eigenvalue weighted by Gasteiger charge is -2.24. The van der Waals surface area contributed by atoms with Crippen LogP contribution in [0.4, 0.5) is 0 Å². The lowest BCUT2D eigenvalue weighted by atomic mass is 9.98. The number of amides is 1. The summed E-state index contributed by atoms with van der Waals surface area (Å²) in [4.78, 5) is 31.5. The minimum absolute atomic E-state index is 0.0358. The summed E-state index contributed by atoms with van der Waals surface area (Å²) in [6, 6.07) is 11.2. The number of pyridine rings is 1. The maximum atomic E-state index is 12.9. The van der Waals surface area contributed by atoms with Crippen LogP contribution < -0.4 is 4.74 Å². The third-order valence-electron chi connectivity index (χ3n) is 4.87. The minimum Gasteiger partial charge on any atom is -0.507 e. The lowest BCUT2D eigenvalue weighted by Crippen LogP contribution is -2.31. The highest BCUT2D eigenvalue weighted by molar-refractivity contribution is 6.46. The molecule has 7 nitrogen and oxygen atoms in total. The number of hydrogen-bond acceptors (Lipinski definition) is 6. The van der Waals surface area contributed by atoms with Gasteiger partial charge in [0.05, 0.1) is 24.5 Å². The number of aliphatic hydroxyl groups is 1. The fourth-order valence-electron chi connectivity index (χ4n) is 3.41. The van der Waals surface area contributed by atoms with Crippen molar-refractivity contribution in [2.45, 2.75) is 32.4 Å². The molecule has 7 heteroatoms. The number of benzene rings is 1. The summed E-state index contributed by atoms with van der Waals surface area (Å²) in [6.07, 6.45) is 2.25. The summed E-state index contributed by atoms with van der Waals surface area (Å²) in [7, 11) is 1.55. The minimum atomic E-state index is -0.757. The van der Waals surface area contributed by atoms with Crippen LogP contribution in [0.15, 0.2) is 54.2 Å². The van der Waals surface area contributed by atoms with Crippen LogP contribution in [-0.4, -0.2) is 53.0 Å². The van der Waals surface area contributed by atoms with Gasteiger partial charge in [-0.2, -0.15) is 0 Å². The standard InChI is InChI=1S/C23H26N2O5/c1-15(2)30-14-6-13-25-20(18-7-4-5-12-24-18)19(22(27)23(25)28)21(26)16-8-10-17(29-3)11-9-16/h4-5,7-12,15,20,26H,6,13-14H2,1-3H3/b21-19-. The lowest BCUT2D eigenvalue weighted by molar-refractivity contribution is -0.140. The summed E-state index contributed by atoms with van der Waals surface area (Å²) >= 11 is 0. The zero-order valence-electron chi connectivity index (χ0n) is 17.4. The molecule has 1 aromatic carbocycles. The highest BCUT2D eigenvalue weighted by Crippen LogP contribution is 2.38. The molecule has 0 spiro atoms. The van der Waals surface area contributed by atoms with E-state index < -0.39 is 17.7 Å². The molecule has 3 rings (SSSR count). The molecule has 30 heavy (non-hydrogen) atoms. The highest BCUT2D eigenvalue weighted by Gasteiger charge is 2.46. The summed E-state index contributed by atoms with van der Waals surface area (Å²) in [5.41, 5.74) is 0.989. The molecule has 1 aromatic heterocycles. The summed E-state index contributed by atoms with van der Waals surface area (Å²) < 4.78 is 10.7. The number of methoxy groups -OCH3 is 1. The van der Waals surface area contributed by atoms with Gasteiger partial charge in [-0.05, 0) is 56.7 Å². The zero-order chi connectivity index (χ0) is 21.7. The fourth-order valence-corrected chi connectivity index (χ4v) is 3.41. The van der Waals surface area contributed by atoms with Crippen LogP contribution in [-0.2, 0) is 14.3 Å². The van der Waals surface area contributed by atoms with Gasteiger partial charge in [0.25, 0.3) is 11.7 Å². The number of Topliss-reactive ketones (excluding diaryl/α,β-unsaturated/α-hetero) is 1. The van der Waals surface area contributed by atoms with Crippen molar-refractivity contribution < 1.29 is 24.2 Å². The number of rotatable bonds is 8. The van der Waals surface area contributed by atoms with Gasteiger partial charge in [-0.15, -0.1) is 0 Å². The third kappa shape index (κ3) is 4.52. The van der Waals surface area contributed by atoms with Crippen molar-refractivity contribution in [2.75, 3.05) is 20.3 Å². The van der Waals surface area contributed by atoms with E-state index in [1.165, 1.54) is 4.90 Å². The maximum Gasteiger partial charge on any atom is 0.295 e. The third-order valence-corrected chi connectivity index (χ3v) is 4.87. The van der Waals surface area contributed by atoms with Crippen molar-refractivity contribution in [3.63, 3.8) is 0 Å². The first-order valence-electron chi connectivity index (χ1n) is 9.89. The number of nitrogens with zero attached hydrogens (tertiary/aromatic N) is 2. The molecule has 158 valence electrons. The fraction of sp³-hybridized carbons (Fsp3) is 0.348. The predicted molar refractivity (Wildman–Crippen MR) is 112 cm³/mol. The first-order chi connectivity index (χ1) is 14.4. The molecule has 1 N–H and O–H groups in total. The largest absolute Gasteiger partial charge is 0.507 e. The molecule has 0 radical (unpaired) electrons. The molecule has 1 aliphatic heterocycles. The highest BCUT2D eigenvalue weighted by atomic mass is 16.5. The Hall–Kier alpha value is -3.19. The monoisotopic (exact) mass is 410 g/mol. The van der Waals surface area contributed by atoms with Gasteiger partial charge in [0.2, 0.25) is 0 Å². The van der Waals surface area contributed by atoms with Gasteiger partial charge in [0.1, 0.15) is 17.6 Å². The van der Waals surface area contributed by atoms with Crippen LogP contribution in [0.1, 0.15) is 37.6 Å².